The molecule has 10 heteroatoms. The van der Waals surface area contributed by atoms with Crippen molar-refractivity contribution < 1.29 is 23.9 Å². The topological polar surface area (TPSA) is 110 Å². The number of rotatable bonds is 5. The van der Waals surface area contributed by atoms with Gasteiger partial charge in [-0.15, -0.1) is 11.3 Å². The maximum Gasteiger partial charge on any atom is 0.325 e. The predicted octanol–water partition coefficient (Wildman–Crippen LogP) is 2.77. The van der Waals surface area contributed by atoms with E-state index in [1.54, 1.807) is 0 Å². The van der Waals surface area contributed by atoms with Gasteiger partial charge in [-0.1, -0.05) is 12.8 Å². The Labute approximate surface area is 182 Å². The molecule has 2 aliphatic heterocycles. The third-order valence-electron chi connectivity index (χ3n) is 5.85. The van der Waals surface area contributed by atoms with Crippen LogP contribution in [0.15, 0.2) is 23.6 Å². The van der Waals surface area contributed by atoms with Crippen LogP contribution in [0.25, 0.3) is 11.3 Å². The molecule has 1 saturated heterocycles. The van der Waals surface area contributed by atoms with Gasteiger partial charge in [0.15, 0.2) is 16.6 Å². The number of fused-ring (bicyclic) bond motifs is 1. The van der Waals surface area contributed by atoms with Crippen LogP contribution in [0.3, 0.4) is 0 Å². The SMILES string of the molecule is O=C(CCN1C(=O)NC2(CCCC2)C1=O)Nc1nc(-c2ccc3c(c2)OCCO3)cs1. The zero-order valence-corrected chi connectivity index (χ0v) is 17.6. The Bertz CT molecular complexity index is 1050. The fraction of sp³-hybridized carbons (Fsp3) is 0.429. The number of carbonyl (C=O) groups is 3. The molecule has 2 fully saturated rings. The van der Waals surface area contributed by atoms with Crippen molar-refractivity contribution in [3.8, 4) is 22.8 Å². The van der Waals surface area contributed by atoms with Crippen LogP contribution in [-0.2, 0) is 9.59 Å². The smallest absolute Gasteiger partial charge is 0.325 e. The van der Waals surface area contributed by atoms with Crippen molar-refractivity contribution in [1.29, 1.82) is 0 Å². The van der Waals surface area contributed by atoms with Gasteiger partial charge in [-0.25, -0.2) is 9.78 Å². The van der Waals surface area contributed by atoms with Gasteiger partial charge in [0, 0.05) is 23.9 Å². The number of ether oxygens (including phenoxy) is 2. The lowest BCUT2D eigenvalue weighted by molar-refractivity contribution is -0.131. The Morgan fingerprint density at radius 1 is 1.19 bits per heavy atom. The summed E-state index contributed by atoms with van der Waals surface area (Å²) in [5.74, 6) is 0.878. The Kier molecular flexibility index (Phi) is 5.01. The molecule has 0 radical (unpaired) electrons. The summed E-state index contributed by atoms with van der Waals surface area (Å²) < 4.78 is 11.1. The van der Waals surface area contributed by atoms with Gasteiger partial charge < -0.3 is 20.1 Å². The normalized spacial score (nSPS) is 19.0. The summed E-state index contributed by atoms with van der Waals surface area (Å²) in [6.07, 6.45) is 3.21. The number of benzene rings is 1. The molecule has 2 N–H and O–H groups in total. The van der Waals surface area contributed by atoms with Gasteiger partial charge in [0.25, 0.3) is 5.91 Å². The van der Waals surface area contributed by atoms with Crippen molar-refractivity contribution in [2.75, 3.05) is 25.1 Å². The molecule has 9 nitrogen and oxygen atoms in total. The van der Waals surface area contributed by atoms with E-state index in [-0.39, 0.29) is 24.8 Å². The van der Waals surface area contributed by atoms with E-state index in [4.69, 9.17) is 9.47 Å². The molecular weight excluding hydrogens is 420 g/mol. The highest BCUT2D eigenvalue weighted by Crippen LogP contribution is 2.36. The van der Waals surface area contributed by atoms with E-state index in [1.807, 2.05) is 23.6 Å². The molecule has 4 amide bonds. The van der Waals surface area contributed by atoms with Crippen LogP contribution in [0.5, 0.6) is 11.5 Å². The van der Waals surface area contributed by atoms with E-state index in [2.05, 4.69) is 15.6 Å². The maximum atomic E-state index is 12.7. The monoisotopic (exact) mass is 442 g/mol. The number of imide groups is 1. The summed E-state index contributed by atoms with van der Waals surface area (Å²) in [6, 6.07) is 5.20. The van der Waals surface area contributed by atoms with Gasteiger partial charge in [-0.3, -0.25) is 14.5 Å². The van der Waals surface area contributed by atoms with Crippen LogP contribution >= 0.6 is 11.3 Å². The molecule has 1 saturated carbocycles. The number of thiazole rings is 1. The molecule has 3 aliphatic rings. The molecule has 1 aliphatic carbocycles. The fourth-order valence-electron chi connectivity index (χ4n) is 4.26. The quantitative estimate of drug-likeness (QED) is 0.689. The van der Waals surface area contributed by atoms with Crippen LogP contribution in [0, 0.1) is 0 Å². The molecule has 1 aromatic heterocycles. The lowest BCUT2D eigenvalue weighted by Crippen LogP contribution is -2.44. The first-order chi connectivity index (χ1) is 15.0. The average molecular weight is 442 g/mol. The molecule has 1 aromatic carbocycles. The van der Waals surface area contributed by atoms with Crippen LogP contribution < -0.4 is 20.1 Å². The minimum atomic E-state index is -0.749. The number of urea groups is 1. The molecular formula is C21H22N4O5S. The number of anilines is 1. The highest BCUT2D eigenvalue weighted by atomic mass is 32.1. The van der Waals surface area contributed by atoms with Crippen LogP contribution in [0.4, 0.5) is 9.93 Å². The summed E-state index contributed by atoms with van der Waals surface area (Å²) in [6.45, 7) is 1.09. The van der Waals surface area contributed by atoms with Gasteiger partial charge >= 0.3 is 6.03 Å². The lowest BCUT2D eigenvalue weighted by Gasteiger charge is -2.19. The molecule has 0 atom stereocenters. The van der Waals surface area contributed by atoms with E-state index < -0.39 is 11.6 Å². The largest absolute Gasteiger partial charge is 0.486 e. The van der Waals surface area contributed by atoms with E-state index in [9.17, 15) is 14.4 Å². The van der Waals surface area contributed by atoms with Crippen molar-refractivity contribution >= 4 is 34.3 Å². The number of hydrogen-bond donors (Lipinski definition) is 2. The highest BCUT2D eigenvalue weighted by molar-refractivity contribution is 7.14. The summed E-state index contributed by atoms with van der Waals surface area (Å²) in [4.78, 5) is 42.9. The van der Waals surface area contributed by atoms with E-state index in [0.717, 1.165) is 29.0 Å². The molecule has 31 heavy (non-hydrogen) atoms. The van der Waals surface area contributed by atoms with Crippen molar-refractivity contribution in [2.24, 2.45) is 0 Å². The Morgan fingerprint density at radius 2 is 1.97 bits per heavy atom. The molecule has 0 bridgehead atoms. The number of hydrogen-bond acceptors (Lipinski definition) is 7. The first kappa shape index (κ1) is 19.8. The van der Waals surface area contributed by atoms with Crippen molar-refractivity contribution in [1.82, 2.24) is 15.2 Å². The summed E-state index contributed by atoms with van der Waals surface area (Å²) >= 11 is 1.31. The van der Waals surface area contributed by atoms with Crippen molar-refractivity contribution in [3.63, 3.8) is 0 Å². The maximum absolute atomic E-state index is 12.7. The average Bonchev–Trinajstić information content (AvgIpc) is 3.48. The second-order valence-electron chi connectivity index (χ2n) is 7.87. The highest BCUT2D eigenvalue weighted by Gasteiger charge is 2.52. The molecule has 0 unspecified atom stereocenters. The number of carbonyl (C=O) groups excluding carboxylic acids is 3. The fourth-order valence-corrected chi connectivity index (χ4v) is 4.99. The van der Waals surface area contributed by atoms with Gasteiger partial charge in [-0.2, -0.15) is 0 Å². The predicted molar refractivity (Wildman–Crippen MR) is 113 cm³/mol. The van der Waals surface area contributed by atoms with E-state index in [1.165, 1.54) is 11.3 Å². The van der Waals surface area contributed by atoms with Crippen molar-refractivity contribution in [3.05, 3.63) is 23.6 Å². The minimum Gasteiger partial charge on any atom is -0.486 e. The third kappa shape index (κ3) is 3.71. The van der Waals surface area contributed by atoms with E-state index in [0.29, 0.717) is 42.7 Å². The first-order valence-electron chi connectivity index (χ1n) is 10.3. The zero-order chi connectivity index (χ0) is 21.4. The Balaban J connectivity index is 1.19. The second kappa shape index (κ2) is 7.84. The molecule has 3 heterocycles. The molecule has 2 aromatic rings. The second-order valence-corrected chi connectivity index (χ2v) is 8.73. The molecule has 1 spiro atoms. The zero-order valence-electron chi connectivity index (χ0n) is 16.8. The molecule has 162 valence electrons. The summed E-state index contributed by atoms with van der Waals surface area (Å²) in [7, 11) is 0. The van der Waals surface area contributed by atoms with Gasteiger partial charge in [0.2, 0.25) is 5.91 Å². The van der Waals surface area contributed by atoms with Crippen LogP contribution in [-0.4, -0.2) is 53.0 Å². The Morgan fingerprint density at radius 3 is 2.77 bits per heavy atom. The standard InChI is InChI=1S/C21H22N4O5S/c26-17(5-8-25-18(27)21(24-20(25)28)6-1-2-7-21)23-19-22-14(12-31-19)13-3-4-15-16(11-13)30-10-9-29-15/h3-4,11-12H,1-2,5-10H2,(H,24,28)(H,22,23,26). The summed E-state index contributed by atoms with van der Waals surface area (Å²) in [5.41, 5.74) is 0.832. The van der Waals surface area contributed by atoms with Gasteiger partial charge in [-0.05, 0) is 31.0 Å². The lowest BCUT2D eigenvalue weighted by atomic mass is 9.98. The number of amides is 4. The number of nitrogens with zero attached hydrogens (tertiary/aromatic N) is 2. The van der Waals surface area contributed by atoms with Crippen LogP contribution in [0.1, 0.15) is 32.1 Å². The van der Waals surface area contributed by atoms with Gasteiger partial charge in [0.1, 0.15) is 18.8 Å². The number of nitrogens with one attached hydrogen (secondary N) is 2. The van der Waals surface area contributed by atoms with Crippen molar-refractivity contribution in [2.45, 2.75) is 37.6 Å². The van der Waals surface area contributed by atoms with Crippen LogP contribution in [0.2, 0.25) is 0 Å². The Hall–Kier alpha value is -3.14. The van der Waals surface area contributed by atoms with E-state index >= 15 is 0 Å². The number of aromatic nitrogens is 1. The molecule has 5 rings (SSSR count). The first-order valence-corrected chi connectivity index (χ1v) is 11.2. The summed E-state index contributed by atoms with van der Waals surface area (Å²) in [5, 5.41) is 7.88. The minimum absolute atomic E-state index is 0.0220. The third-order valence-corrected chi connectivity index (χ3v) is 6.61. The van der Waals surface area contributed by atoms with Gasteiger partial charge in [0.05, 0.1) is 5.69 Å².